The van der Waals surface area contributed by atoms with E-state index in [4.69, 9.17) is 4.74 Å². The summed E-state index contributed by atoms with van der Waals surface area (Å²) in [4.78, 5) is 36.4. The minimum absolute atomic E-state index is 0.0970. The zero-order chi connectivity index (χ0) is 17.3. The number of amides is 1. The normalized spacial score (nSPS) is 23.5. The van der Waals surface area contributed by atoms with Crippen molar-refractivity contribution in [3.8, 4) is 0 Å². The Morgan fingerprint density at radius 3 is 2.67 bits per heavy atom. The third-order valence-corrected chi connectivity index (χ3v) is 4.99. The molecule has 0 saturated carbocycles. The molecule has 1 amide bonds. The number of β-amino-alcohol motifs (C(OH)–C–C–N with tert-alkyl or cyclic N) is 1. The van der Waals surface area contributed by atoms with Crippen molar-refractivity contribution in [2.75, 3.05) is 38.7 Å². The fourth-order valence-corrected chi connectivity index (χ4v) is 3.77. The van der Waals surface area contributed by atoms with E-state index in [0.29, 0.717) is 44.7 Å². The number of ether oxygens (including phenoxy) is 1. The minimum Gasteiger partial charge on any atom is -0.464 e. The summed E-state index contributed by atoms with van der Waals surface area (Å²) in [5, 5.41) is 10.1. The first kappa shape index (κ1) is 16.6. The third kappa shape index (κ3) is 2.82. The van der Waals surface area contributed by atoms with Crippen LogP contribution in [0, 0.1) is 5.41 Å². The van der Waals surface area contributed by atoms with Crippen LogP contribution in [-0.2, 0) is 9.53 Å². The maximum atomic E-state index is 12.6. The topological polar surface area (TPSA) is 95.9 Å². The number of aromatic nitrogens is 2. The summed E-state index contributed by atoms with van der Waals surface area (Å²) in [6.45, 7) is 1.55. The van der Waals surface area contributed by atoms with Crippen molar-refractivity contribution >= 4 is 17.7 Å². The fourth-order valence-electron chi connectivity index (χ4n) is 3.77. The van der Waals surface area contributed by atoms with Gasteiger partial charge in [0, 0.05) is 39.1 Å². The fraction of sp³-hybridized carbons (Fsp3) is 0.625. The van der Waals surface area contributed by atoms with Crippen LogP contribution < -0.4 is 4.90 Å². The van der Waals surface area contributed by atoms with Crippen molar-refractivity contribution in [3.05, 3.63) is 18.1 Å². The largest absolute Gasteiger partial charge is 0.464 e. The molecule has 1 N–H and O–H groups in total. The number of piperidine rings is 2. The molecule has 8 nitrogen and oxygen atoms in total. The average Bonchev–Trinajstić information content (AvgIpc) is 2.59. The van der Waals surface area contributed by atoms with Gasteiger partial charge in [0.2, 0.25) is 5.91 Å². The van der Waals surface area contributed by atoms with Gasteiger partial charge < -0.3 is 19.6 Å². The van der Waals surface area contributed by atoms with E-state index in [1.807, 2.05) is 4.90 Å². The number of hydrogen-bond donors (Lipinski definition) is 1. The maximum absolute atomic E-state index is 12.6. The Balaban J connectivity index is 1.79. The molecule has 2 saturated heterocycles. The van der Waals surface area contributed by atoms with Crippen LogP contribution in [0.25, 0.3) is 0 Å². The van der Waals surface area contributed by atoms with E-state index in [2.05, 4.69) is 9.97 Å². The molecule has 1 spiro atoms. The number of aliphatic hydroxyl groups excluding tert-OH is 1. The molecular weight excluding hydrogens is 312 g/mol. The smallest absolute Gasteiger partial charge is 0.360 e. The minimum atomic E-state index is -0.526. The van der Waals surface area contributed by atoms with Crippen LogP contribution >= 0.6 is 0 Å². The summed E-state index contributed by atoms with van der Waals surface area (Å²) in [6.07, 6.45) is 4.23. The van der Waals surface area contributed by atoms with Crippen LogP contribution in [0.5, 0.6) is 0 Å². The summed E-state index contributed by atoms with van der Waals surface area (Å²) in [6, 6.07) is 0. The Morgan fingerprint density at radius 1 is 1.33 bits per heavy atom. The van der Waals surface area contributed by atoms with Gasteiger partial charge in [-0.25, -0.2) is 14.8 Å². The number of hydrogen-bond acceptors (Lipinski definition) is 7. The van der Waals surface area contributed by atoms with Gasteiger partial charge in [0.25, 0.3) is 0 Å². The molecule has 2 fully saturated rings. The molecule has 8 heteroatoms. The van der Waals surface area contributed by atoms with Crippen LogP contribution in [0.2, 0.25) is 0 Å². The van der Waals surface area contributed by atoms with Crippen molar-refractivity contribution in [3.63, 3.8) is 0 Å². The van der Waals surface area contributed by atoms with E-state index in [0.717, 1.165) is 0 Å². The quantitative estimate of drug-likeness (QED) is 0.765. The Morgan fingerprint density at radius 2 is 2.00 bits per heavy atom. The van der Waals surface area contributed by atoms with Crippen LogP contribution in [0.15, 0.2) is 12.4 Å². The van der Waals surface area contributed by atoms with Crippen molar-refractivity contribution in [2.24, 2.45) is 5.41 Å². The number of likely N-dealkylation sites (tertiary alicyclic amines) is 1. The molecule has 1 unspecified atom stereocenters. The van der Waals surface area contributed by atoms with E-state index >= 15 is 0 Å². The molecule has 130 valence electrons. The second-order valence-electron chi connectivity index (χ2n) is 6.53. The molecule has 1 atom stereocenters. The van der Waals surface area contributed by atoms with Gasteiger partial charge in [0.1, 0.15) is 0 Å². The molecule has 0 radical (unpaired) electrons. The monoisotopic (exact) mass is 334 g/mol. The number of methoxy groups -OCH3 is 1. The third-order valence-electron chi connectivity index (χ3n) is 4.99. The van der Waals surface area contributed by atoms with Gasteiger partial charge in [-0.2, -0.15) is 0 Å². The summed E-state index contributed by atoms with van der Waals surface area (Å²) in [5.41, 5.74) is -0.334. The standard InChI is InChI=1S/C16H22N4O4/c1-19-10-11(21)9-16(15(19)23)3-7-20(8-4-16)13-12(14(22)24-2)17-5-6-18-13/h5-6,11,21H,3-4,7-10H2,1-2H3. The molecule has 3 rings (SSSR count). The molecular formula is C16H22N4O4. The number of likely N-dealkylation sites (N-methyl/N-ethyl adjacent to an activating group) is 1. The molecule has 0 aromatic carbocycles. The van der Waals surface area contributed by atoms with Crippen molar-refractivity contribution in [1.82, 2.24) is 14.9 Å². The van der Waals surface area contributed by atoms with Gasteiger partial charge in [0.15, 0.2) is 11.5 Å². The lowest BCUT2D eigenvalue weighted by molar-refractivity contribution is -0.152. The van der Waals surface area contributed by atoms with Gasteiger partial charge in [-0.3, -0.25) is 4.79 Å². The highest BCUT2D eigenvalue weighted by Gasteiger charge is 2.47. The van der Waals surface area contributed by atoms with Crippen LogP contribution in [0.1, 0.15) is 29.8 Å². The number of rotatable bonds is 2. The number of anilines is 1. The highest BCUT2D eigenvalue weighted by molar-refractivity contribution is 5.92. The van der Waals surface area contributed by atoms with Crippen molar-refractivity contribution in [1.29, 1.82) is 0 Å². The maximum Gasteiger partial charge on any atom is 0.360 e. The Bertz CT molecular complexity index is 643. The molecule has 1 aromatic rings. The zero-order valence-corrected chi connectivity index (χ0v) is 13.9. The Labute approximate surface area is 140 Å². The zero-order valence-electron chi connectivity index (χ0n) is 13.9. The van der Waals surface area contributed by atoms with Gasteiger partial charge in [0.05, 0.1) is 18.6 Å². The van der Waals surface area contributed by atoms with E-state index in [1.165, 1.54) is 19.5 Å². The molecule has 0 aliphatic carbocycles. The average molecular weight is 334 g/mol. The molecule has 0 bridgehead atoms. The first-order valence-electron chi connectivity index (χ1n) is 8.05. The second-order valence-corrected chi connectivity index (χ2v) is 6.53. The van der Waals surface area contributed by atoms with E-state index in [-0.39, 0.29) is 11.6 Å². The molecule has 1 aromatic heterocycles. The first-order valence-corrected chi connectivity index (χ1v) is 8.05. The second kappa shape index (κ2) is 6.35. The predicted molar refractivity (Wildman–Crippen MR) is 85.5 cm³/mol. The van der Waals surface area contributed by atoms with E-state index < -0.39 is 17.5 Å². The van der Waals surface area contributed by atoms with Gasteiger partial charge in [-0.05, 0) is 19.3 Å². The number of carbonyl (C=O) groups excluding carboxylic acids is 2. The van der Waals surface area contributed by atoms with E-state index in [1.54, 1.807) is 11.9 Å². The van der Waals surface area contributed by atoms with E-state index in [9.17, 15) is 14.7 Å². The SMILES string of the molecule is COC(=O)c1nccnc1N1CCC2(CC1)CC(O)CN(C)C2=O. The highest BCUT2D eigenvalue weighted by Crippen LogP contribution is 2.41. The van der Waals surface area contributed by atoms with Crippen LogP contribution in [-0.4, -0.2) is 71.7 Å². The van der Waals surface area contributed by atoms with Crippen molar-refractivity contribution in [2.45, 2.75) is 25.4 Å². The lowest BCUT2D eigenvalue weighted by Crippen LogP contribution is -2.56. The van der Waals surface area contributed by atoms with Gasteiger partial charge >= 0.3 is 5.97 Å². The summed E-state index contributed by atoms with van der Waals surface area (Å²) >= 11 is 0. The highest BCUT2D eigenvalue weighted by atomic mass is 16.5. The number of esters is 1. The lowest BCUT2D eigenvalue weighted by Gasteiger charge is -2.47. The van der Waals surface area contributed by atoms with Gasteiger partial charge in [-0.1, -0.05) is 0 Å². The first-order chi connectivity index (χ1) is 11.5. The van der Waals surface area contributed by atoms with Crippen LogP contribution in [0.4, 0.5) is 5.82 Å². The molecule has 3 heterocycles. The number of carbonyl (C=O) groups is 2. The Hall–Kier alpha value is -2.22. The van der Waals surface area contributed by atoms with Crippen molar-refractivity contribution < 1.29 is 19.4 Å². The summed E-state index contributed by atoms with van der Waals surface area (Å²) in [5.74, 6) is 0.0541. The summed E-state index contributed by atoms with van der Waals surface area (Å²) in [7, 11) is 3.04. The Kier molecular flexibility index (Phi) is 4.40. The molecule has 2 aliphatic heterocycles. The molecule has 2 aliphatic rings. The molecule has 24 heavy (non-hydrogen) atoms. The van der Waals surface area contributed by atoms with Crippen LogP contribution in [0.3, 0.4) is 0 Å². The number of aliphatic hydroxyl groups is 1. The summed E-state index contributed by atoms with van der Waals surface area (Å²) < 4.78 is 4.76. The number of nitrogens with zero attached hydrogens (tertiary/aromatic N) is 4. The van der Waals surface area contributed by atoms with Gasteiger partial charge in [-0.15, -0.1) is 0 Å². The predicted octanol–water partition coefficient (Wildman–Crippen LogP) is 0.0728. The lowest BCUT2D eigenvalue weighted by atomic mass is 9.71.